The summed E-state index contributed by atoms with van der Waals surface area (Å²) < 4.78 is 5.55. The van der Waals surface area contributed by atoms with Gasteiger partial charge in [0, 0.05) is 162 Å². The van der Waals surface area contributed by atoms with Crippen LogP contribution in [0.15, 0.2) is 170 Å². The molecule has 107 heavy (non-hydrogen) atoms. The van der Waals surface area contributed by atoms with E-state index in [2.05, 4.69) is 106 Å². The lowest BCUT2D eigenvalue weighted by Crippen LogP contribution is -2.53. The first-order valence-corrected chi connectivity index (χ1v) is 43.6. The molecular weight excluding hydrogens is 1610 g/mol. The molecule has 0 spiro atoms. The highest BCUT2D eigenvalue weighted by molar-refractivity contribution is 7.99. The van der Waals surface area contributed by atoms with E-state index in [0.717, 1.165) is 159 Å². The van der Waals surface area contributed by atoms with Crippen LogP contribution >= 0.6 is 151 Å². The number of hydrogen-bond donors (Lipinski definition) is 0. The van der Waals surface area contributed by atoms with E-state index in [1.54, 1.807) is 0 Å². The van der Waals surface area contributed by atoms with Crippen molar-refractivity contribution in [3.63, 3.8) is 0 Å². The highest BCUT2D eigenvalue weighted by Crippen LogP contribution is 2.44. The first-order valence-electron chi connectivity index (χ1n) is 37.9. The third-order valence-corrected chi connectivity index (χ3v) is 27.3. The zero-order valence-electron chi connectivity index (χ0n) is 60.4. The van der Waals surface area contributed by atoms with Crippen LogP contribution in [0.25, 0.3) is 0 Å². The van der Waals surface area contributed by atoms with Gasteiger partial charge in [0.25, 0.3) is 0 Å². The van der Waals surface area contributed by atoms with Crippen molar-refractivity contribution >= 4 is 174 Å². The van der Waals surface area contributed by atoms with Crippen LogP contribution in [0.4, 0.5) is 22.7 Å². The minimum atomic E-state index is 0.220. The Bertz CT molecular complexity index is 3870. The van der Waals surface area contributed by atoms with Crippen LogP contribution in [0.5, 0.6) is 0 Å². The van der Waals surface area contributed by atoms with Crippen LogP contribution in [-0.2, 0) is 4.74 Å². The molecule has 2 saturated carbocycles. The first-order chi connectivity index (χ1) is 51.9. The largest absolute Gasteiger partial charge is 0.381 e. The number of piperazine rings is 4. The van der Waals surface area contributed by atoms with E-state index >= 15 is 0 Å². The van der Waals surface area contributed by atoms with E-state index in [0.29, 0.717) is 58.3 Å². The number of anilines is 4. The molecule has 7 atom stereocenters. The fourth-order valence-electron chi connectivity index (χ4n) is 17.2. The Labute approximate surface area is 698 Å². The van der Waals surface area contributed by atoms with E-state index in [-0.39, 0.29) is 24.2 Å². The van der Waals surface area contributed by atoms with Crippen molar-refractivity contribution in [3.05, 3.63) is 252 Å². The van der Waals surface area contributed by atoms with Gasteiger partial charge in [0.05, 0.1) is 67.0 Å². The zero-order chi connectivity index (χ0) is 74.7. The predicted octanol–water partition coefficient (Wildman–Crippen LogP) is 25.2. The molecule has 0 amide bonds. The van der Waals surface area contributed by atoms with Crippen molar-refractivity contribution in [1.82, 2.24) is 19.6 Å². The summed E-state index contributed by atoms with van der Waals surface area (Å²) in [5, 5.41) is 8.58. The number of halogens is 12. The van der Waals surface area contributed by atoms with E-state index in [1.165, 1.54) is 91.5 Å². The maximum absolute atomic E-state index is 6.57. The molecule has 16 rings (SSSR count). The van der Waals surface area contributed by atoms with E-state index < -0.39 is 0 Å². The second-order valence-corrected chi connectivity index (χ2v) is 35.9. The van der Waals surface area contributed by atoms with Crippen molar-refractivity contribution in [2.45, 2.75) is 126 Å². The van der Waals surface area contributed by atoms with Gasteiger partial charge in [-0.25, -0.2) is 0 Å². The Morgan fingerprint density at radius 1 is 0.299 bits per heavy atom. The molecule has 6 saturated heterocycles. The number of rotatable bonds is 12. The van der Waals surface area contributed by atoms with Crippen molar-refractivity contribution in [2.24, 2.45) is 5.92 Å². The maximum Gasteiger partial charge on any atom is 0.0670 e. The van der Waals surface area contributed by atoms with Crippen LogP contribution in [0, 0.1) is 5.92 Å². The molecule has 2 aliphatic carbocycles. The highest BCUT2D eigenvalue weighted by atomic mass is 35.5. The number of hydrogen-bond acceptors (Lipinski definition) is 10. The Hall–Kier alpha value is -3.41. The Balaban J connectivity index is 0.000000126. The standard InChI is InChI=1S/2C22H25Cl3N2.C21H23Cl3N2O.C20H21Cl3N2S/c1-15-2-8-19(12-15)26-10-11-27(21-9-7-18(24)13-20(21)25)22(14-26)16-3-5-17(23)6-4-16;23-17-8-6-16(7-9-17)22-15-26(19-4-2-1-3-5-19)12-13-27(22)21-11-10-18(24)14-20(21)25;22-16-3-1-15(2-4-16)21-14-25(18-7-11-27-12-8-18)9-10-26(21)20-6-5-17(23)13-19(20)24;21-15-3-1-14(2-4-15)20-12-24(17-7-10-26-13-17)8-9-25(20)19-6-5-16(22)11-18(19)23/h3-7,9,13,15,19,22H,2,8,10-12,14H2,1H3;6-11,14,19,22H,1-5,12-13,15H2;1-6,13,18,21H,7-12,14H2;1-6,11,17,20H,7-10,12-13H2. The maximum atomic E-state index is 6.57. The second-order valence-electron chi connectivity index (χ2n) is 29.6. The summed E-state index contributed by atoms with van der Waals surface area (Å²) in [6, 6.07) is 59.8. The SMILES string of the molecule is CC1CCC(N2CCN(c3ccc(Cl)cc3Cl)C(c3ccc(Cl)cc3)C2)C1.Clc1ccc(C2CN(C3CCCCC3)CCN2c2ccc(Cl)cc2Cl)cc1.Clc1ccc(C2CN(C3CCOCC3)CCN2c2ccc(Cl)cc2Cl)cc1.Clc1ccc(C2CN(C3CCSC3)CCN2c2ccc(Cl)cc2Cl)cc1. The third-order valence-electron chi connectivity index (χ3n) is 22.9. The summed E-state index contributed by atoms with van der Waals surface area (Å²) in [6.07, 6.45) is 14.2. The molecule has 22 heteroatoms. The molecule has 9 nitrogen and oxygen atoms in total. The van der Waals surface area contributed by atoms with Crippen molar-refractivity contribution < 1.29 is 4.74 Å². The number of thioether (sulfide) groups is 1. The van der Waals surface area contributed by atoms with Crippen LogP contribution in [0.1, 0.15) is 124 Å². The van der Waals surface area contributed by atoms with E-state index in [4.69, 9.17) is 144 Å². The smallest absolute Gasteiger partial charge is 0.0670 e. The van der Waals surface area contributed by atoms with Gasteiger partial charge in [-0.2, -0.15) is 11.8 Å². The molecule has 7 unspecified atom stereocenters. The van der Waals surface area contributed by atoms with Gasteiger partial charge in [-0.1, -0.05) is 214 Å². The minimum Gasteiger partial charge on any atom is -0.381 e. The fourth-order valence-corrected chi connectivity index (χ4v) is 21.1. The lowest BCUT2D eigenvalue weighted by atomic mass is 9.92. The Kier molecular flexibility index (Phi) is 29.8. The lowest BCUT2D eigenvalue weighted by molar-refractivity contribution is 0.0270. The summed E-state index contributed by atoms with van der Waals surface area (Å²) in [5.74, 6) is 3.36. The molecule has 0 N–H and O–H groups in total. The van der Waals surface area contributed by atoms with Gasteiger partial charge in [0.15, 0.2) is 0 Å². The van der Waals surface area contributed by atoms with Gasteiger partial charge in [0.1, 0.15) is 0 Å². The number of ether oxygens (including phenoxy) is 1. The third kappa shape index (κ3) is 21.3. The molecule has 0 bridgehead atoms. The summed E-state index contributed by atoms with van der Waals surface area (Å²) in [6.45, 7) is 16.1. The van der Waals surface area contributed by atoms with Crippen molar-refractivity contribution in [3.8, 4) is 0 Å². The minimum absolute atomic E-state index is 0.220. The zero-order valence-corrected chi connectivity index (χ0v) is 70.3. The quantitative estimate of drug-likeness (QED) is 0.118. The Morgan fingerprint density at radius 3 is 0.888 bits per heavy atom. The summed E-state index contributed by atoms with van der Waals surface area (Å²) in [7, 11) is 0. The van der Waals surface area contributed by atoms with Crippen LogP contribution in [-0.4, -0.2) is 147 Å². The fraction of sp³-hybridized carbons (Fsp3) is 0.435. The van der Waals surface area contributed by atoms with Crippen LogP contribution in [0.2, 0.25) is 60.3 Å². The second kappa shape index (κ2) is 39.1. The van der Waals surface area contributed by atoms with Gasteiger partial charge in [-0.15, -0.1) is 0 Å². The first kappa shape index (κ1) is 81.6. The average Bonchev–Trinajstić information content (AvgIpc) is 1.60. The molecule has 8 aromatic carbocycles. The lowest BCUT2D eigenvalue weighted by Gasteiger charge is -2.47. The van der Waals surface area contributed by atoms with Gasteiger partial charge in [-0.05, 0) is 207 Å². The van der Waals surface area contributed by atoms with Crippen LogP contribution in [0.3, 0.4) is 0 Å². The molecule has 0 radical (unpaired) electrons. The number of nitrogens with zero attached hydrogens (tertiary/aromatic N) is 8. The summed E-state index contributed by atoms with van der Waals surface area (Å²) in [4.78, 5) is 20.3. The van der Waals surface area contributed by atoms with E-state index in [9.17, 15) is 0 Å². The molecule has 8 aliphatic rings. The average molecular weight is 1700 g/mol. The van der Waals surface area contributed by atoms with Crippen molar-refractivity contribution in [2.75, 3.05) is 123 Å². The monoisotopic (exact) mass is 1690 g/mol. The van der Waals surface area contributed by atoms with Gasteiger partial charge in [-0.3, -0.25) is 19.6 Å². The molecule has 0 aromatic heterocycles. The molecule has 8 aromatic rings. The molecule has 6 heterocycles. The van der Waals surface area contributed by atoms with Gasteiger partial charge in [0.2, 0.25) is 0 Å². The number of benzene rings is 8. The van der Waals surface area contributed by atoms with E-state index in [1.807, 2.05) is 121 Å². The molecule has 6 aliphatic heterocycles. The highest BCUT2D eigenvalue weighted by Gasteiger charge is 2.39. The summed E-state index contributed by atoms with van der Waals surface area (Å²) in [5.41, 5.74) is 9.29. The molecule has 8 fully saturated rings. The predicted molar refractivity (Wildman–Crippen MR) is 462 cm³/mol. The van der Waals surface area contributed by atoms with Gasteiger partial charge >= 0.3 is 0 Å². The van der Waals surface area contributed by atoms with Crippen LogP contribution < -0.4 is 19.6 Å². The summed E-state index contributed by atoms with van der Waals surface area (Å²) >= 11 is 77.3. The Morgan fingerprint density at radius 2 is 0.598 bits per heavy atom. The molecule has 570 valence electrons. The van der Waals surface area contributed by atoms with Crippen molar-refractivity contribution in [1.29, 1.82) is 0 Å². The molecular formula is C85H94Cl12N8OS. The topological polar surface area (TPSA) is 35.2 Å². The van der Waals surface area contributed by atoms with Gasteiger partial charge < -0.3 is 24.3 Å². The normalized spacial score (nSPS) is 23.8.